The third-order valence-corrected chi connectivity index (χ3v) is 5.10. The lowest BCUT2D eigenvalue weighted by Crippen LogP contribution is -2.26. The molecule has 2 aromatic heterocycles. The third kappa shape index (κ3) is 3.47. The van der Waals surface area contributed by atoms with E-state index in [2.05, 4.69) is 43.6 Å². The van der Waals surface area contributed by atoms with Gasteiger partial charge in [0.25, 0.3) is 0 Å². The molecule has 4 rings (SSSR count). The van der Waals surface area contributed by atoms with Gasteiger partial charge in [-0.15, -0.1) is 0 Å². The molecule has 146 valence electrons. The van der Waals surface area contributed by atoms with E-state index >= 15 is 0 Å². The average Bonchev–Trinajstić information content (AvgIpc) is 3.19. The van der Waals surface area contributed by atoms with Gasteiger partial charge >= 0.3 is 0 Å². The summed E-state index contributed by atoms with van der Waals surface area (Å²) in [5.74, 6) is -0.194. The zero-order valence-electron chi connectivity index (χ0n) is 15.7. The first-order valence-electron chi connectivity index (χ1n) is 9.31. The van der Waals surface area contributed by atoms with E-state index in [0.29, 0.717) is 23.8 Å². The van der Waals surface area contributed by atoms with Crippen molar-refractivity contribution in [3.05, 3.63) is 40.1 Å². The maximum absolute atomic E-state index is 12.8. The molecule has 0 saturated heterocycles. The van der Waals surface area contributed by atoms with Crippen LogP contribution in [0.1, 0.15) is 37.4 Å². The number of nitrogens with zero attached hydrogens (tertiary/aromatic N) is 4. The number of nitrogens with one attached hydrogen (secondary N) is 2. The van der Waals surface area contributed by atoms with Gasteiger partial charge in [0.2, 0.25) is 11.9 Å². The molecule has 0 fully saturated rings. The van der Waals surface area contributed by atoms with Crippen LogP contribution in [0.25, 0.3) is 11.0 Å². The number of hydrogen-bond donors (Lipinski definition) is 3. The number of carbonyl (C=O) groups is 1. The average molecular weight is 444 g/mol. The number of aromatic nitrogens is 4. The van der Waals surface area contributed by atoms with Gasteiger partial charge in [-0.05, 0) is 37.1 Å². The monoisotopic (exact) mass is 443 g/mol. The summed E-state index contributed by atoms with van der Waals surface area (Å²) in [6.45, 7) is 5.30. The zero-order valence-corrected chi connectivity index (χ0v) is 17.3. The Morgan fingerprint density at radius 2 is 2.21 bits per heavy atom. The number of anilines is 2. The Hall–Kier alpha value is -2.52. The van der Waals surface area contributed by atoms with Crippen molar-refractivity contribution in [1.29, 1.82) is 0 Å². The Bertz CT molecular complexity index is 1050. The number of fused-ring (bicyclic) bond motifs is 2. The molecule has 9 heteroatoms. The van der Waals surface area contributed by atoms with Gasteiger partial charge in [-0.25, -0.2) is 4.98 Å². The van der Waals surface area contributed by atoms with Crippen LogP contribution in [0.3, 0.4) is 0 Å². The Morgan fingerprint density at radius 1 is 1.39 bits per heavy atom. The van der Waals surface area contributed by atoms with Crippen molar-refractivity contribution < 1.29 is 4.79 Å². The number of nitrogens with two attached hydrogens (primary N) is 1. The molecule has 0 bridgehead atoms. The van der Waals surface area contributed by atoms with E-state index in [1.807, 2.05) is 36.0 Å². The molecular weight excluding hydrogens is 422 g/mol. The normalized spacial score (nSPS) is 16.9. The molecular formula is C19H22BrN7O. The second-order valence-electron chi connectivity index (χ2n) is 7.07. The van der Waals surface area contributed by atoms with Crippen molar-refractivity contribution in [1.82, 2.24) is 19.7 Å². The molecule has 0 aliphatic carbocycles. The molecule has 2 unspecified atom stereocenters. The molecule has 1 aromatic carbocycles. The lowest BCUT2D eigenvalue weighted by atomic mass is 9.95. The molecule has 8 nitrogen and oxygen atoms in total. The Labute approximate surface area is 171 Å². The van der Waals surface area contributed by atoms with Crippen LogP contribution in [0, 0.1) is 0 Å². The number of rotatable bonds is 6. The van der Waals surface area contributed by atoms with Crippen molar-refractivity contribution in [2.24, 2.45) is 5.73 Å². The highest BCUT2D eigenvalue weighted by atomic mass is 79.9. The SMILES string of the molecule is CCCn1cc2c(C3C(=O)Nc4ccc(Br)cc43)nc(NCC(C)N)nc2n1. The van der Waals surface area contributed by atoms with Gasteiger partial charge in [0.15, 0.2) is 5.65 Å². The zero-order chi connectivity index (χ0) is 19.8. The van der Waals surface area contributed by atoms with E-state index < -0.39 is 5.92 Å². The molecule has 1 aliphatic rings. The molecule has 2 atom stereocenters. The van der Waals surface area contributed by atoms with Crippen LogP contribution in [0.4, 0.5) is 11.6 Å². The summed E-state index contributed by atoms with van der Waals surface area (Å²) < 4.78 is 2.77. The predicted molar refractivity (Wildman–Crippen MR) is 112 cm³/mol. The van der Waals surface area contributed by atoms with Crippen LogP contribution in [0.5, 0.6) is 0 Å². The molecule has 3 aromatic rings. The Kier molecular flexibility index (Phi) is 5.03. The Morgan fingerprint density at radius 3 is 2.96 bits per heavy atom. The highest BCUT2D eigenvalue weighted by Crippen LogP contribution is 2.40. The van der Waals surface area contributed by atoms with Crippen molar-refractivity contribution >= 4 is 44.5 Å². The lowest BCUT2D eigenvalue weighted by molar-refractivity contribution is -0.116. The van der Waals surface area contributed by atoms with Gasteiger partial charge in [-0.2, -0.15) is 10.1 Å². The highest BCUT2D eigenvalue weighted by molar-refractivity contribution is 9.10. The summed E-state index contributed by atoms with van der Waals surface area (Å²) >= 11 is 3.50. The number of carbonyl (C=O) groups excluding carboxylic acids is 1. The van der Waals surface area contributed by atoms with Crippen molar-refractivity contribution in [3.8, 4) is 0 Å². The summed E-state index contributed by atoms with van der Waals surface area (Å²) in [5.41, 5.74) is 8.76. The summed E-state index contributed by atoms with van der Waals surface area (Å²) in [4.78, 5) is 22.1. The molecule has 1 amide bonds. The van der Waals surface area contributed by atoms with Gasteiger partial charge in [0.1, 0.15) is 5.92 Å². The summed E-state index contributed by atoms with van der Waals surface area (Å²) in [6, 6.07) is 5.71. The second-order valence-corrected chi connectivity index (χ2v) is 7.99. The van der Waals surface area contributed by atoms with Gasteiger partial charge in [-0.3, -0.25) is 9.48 Å². The molecule has 4 N–H and O–H groups in total. The molecule has 0 radical (unpaired) electrons. The third-order valence-electron chi connectivity index (χ3n) is 4.61. The number of halogens is 1. The van der Waals surface area contributed by atoms with Crippen LogP contribution in [-0.4, -0.2) is 38.2 Å². The largest absolute Gasteiger partial charge is 0.353 e. The van der Waals surface area contributed by atoms with Crippen LogP contribution in [0.2, 0.25) is 0 Å². The smallest absolute Gasteiger partial charge is 0.238 e. The Balaban J connectivity index is 1.87. The van der Waals surface area contributed by atoms with Crippen molar-refractivity contribution in [2.45, 2.75) is 38.8 Å². The standard InChI is InChI=1S/C19H22BrN7O/c1-3-6-27-9-13-16(24-19(22-8-10(2)21)25-17(13)26-27)15-12-7-11(20)4-5-14(12)23-18(15)28/h4-5,7,9-10,15H,3,6,8,21H2,1-2H3,(H,23,28)(H,22,25,26). The maximum atomic E-state index is 12.8. The fourth-order valence-electron chi connectivity index (χ4n) is 3.37. The number of benzene rings is 1. The number of aryl methyl sites for hydroxylation is 1. The van der Waals surface area contributed by atoms with Gasteiger partial charge in [-0.1, -0.05) is 22.9 Å². The molecule has 28 heavy (non-hydrogen) atoms. The number of amides is 1. The van der Waals surface area contributed by atoms with E-state index in [1.165, 1.54) is 0 Å². The fraction of sp³-hybridized carbons (Fsp3) is 0.368. The van der Waals surface area contributed by atoms with E-state index in [-0.39, 0.29) is 11.9 Å². The first-order chi connectivity index (χ1) is 13.5. The van der Waals surface area contributed by atoms with E-state index in [9.17, 15) is 4.79 Å². The minimum absolute atomic E-state index is 0.0492. The minimum Gasteiger partial charge on any atom is -0.353 e. The quantitative estimate of drug-likeness (QED) is 0.539. The lowest BCUT2D eigenvalue weighted by Gasteiger charge is -2.13. The molecule has 0 spiro atoms. The van der Waals surface area contributed by atoms with Crippen molar-refractivity contribution in [2.75, 3.05) is 17.2 Å². The summed E-state index contributed by atoms with van der Waals surface area (Å²) in [6.07, 6.45) is 2.87. The van der Waals surface area contributed by atoms with Crippen LogP contribution in [0.15, 0.2) is 28.9 Å². The van der Waals surface area contributed by atoms with Crippen LogP contribution < -0.4 is 16.4 Å². The van der Waals surface area contributed by atoms with Gasteiger partial charge in [0.05, 0.1) is 11.1 Å². The van der Waals surface area contributed by atoms with Crippen molar-refractivity contribution in [3.63, 3.8) is 0 Å². The van der Waals surface area contributed by atoms with E-state index in [1.54, 1.807) is 0 Å². The van der Waals surface area contributed by atoms with E-state index in [0.717, 1.165) is 34.1 Å². The predicted octanol–water partition coefficient (Wildman–Crippen LogP) is 2.84. The summed E-state index contributed by atoms with van der Waals surface area (Å²) in [5, 5.41) is 11.5. The first-order valence-corrected chi connectivity index (χ1v) is 10.1. The van der Waals surface area contributed by atoms with Crippen LogP contribution in [-0.2, 0) is 11.3 Å². The minimum atomic E-state index is -0.520. The molecule has 1 aliphatic heterocycles. The highest BCUT2D eigenvalue weighted by Gasteiger charge is 2.35. The fourth-order valence-corrected chi connectivity index (χ4v) is 3.75. The van der Waals surface area contributed by atoms with Crippen LogP contribution >= 0.6 is 15.9 Å². The molecule has 0 saturated carbocycles. The van der Waals surface area contributed by atoms with E-state index in [4.69, 9.17) is 10.7 Å². The van der Waals surface area contributed by atoms with Gasteiger partial charge in [0, 0.05) is 35.5 Å². The van der Waals surface area contributed by atoms with Gasteiger partial charge < -0.3 is 16.4 Å². The molecule has 3 heterocycles. The number of hydrogen-bond acceptors (Lipinski definition) is 6. The summed E-state index contributed by atoms with van der Waals surface area (Å²) in [7, 11) is 0. The topological polar surface area (TPSA) is 111 Å². The second kappa shape index (κ2) is 7.48. The maximum Gasteiger partial charge on any atom is 0.238 e. The first kappa shape index (κ1) is 18.8.